The topological polar surface area (TPSA) is 421 Å². The van der Waals surface area contributed by atoms with Gasteiger partial charge >= 0.3 is 0 Å². The van der Waals surface area contributed by atoms with E-state index < -0.39 is 5.41 Å². The molecular weight excluding hydrogens is 1880 g/mol. The predicted octanol–water partition coefficient (Wildman–Crippen LogP) is 23.5. The number of nitriles is 3. The van der Waals surface area contributed by atoms with Gasteiger partial charge in [0.25, 0.3) is 0 Å². The number of imidazole rings is 2. The van der Waals surface area contributed by atoms with Crippen LogP contribution in [0.1, 0.15) is 327 Å². The van der Waals surface area contributed by atoms with E-state index in [1.165, 1.54) is 0 Å². The molecule has 0 radical (unpaired) electrons. The van der Waals surface area contributed by atoms with E-state index in [1.807, 2.05) is 348 Å². The molecule has 808 valence electrons. The minimum Gasteiger partial charge on any atom is -0.369 e. The molecule has 0 aliphatic carbocycles. The summed E-state index contributed by atoms with van der Waals surface area (Å²) < 4.78 is 25.2. The molecule has 149 heavy (non-hydrogen) atoms. The SMILES string of the molecule is CC(C(=O)C(C)(C)C)c1ccc(C#N)cc1.CC(C)(C)C(=O)C(C)(C)c1ccc(C#N)cc1.CC(C)(C)C(=O)CCc1cccnc1.CC(C)(C)C(=O)CCc1nn[nH]n1.CC(C)(C)C(=O)CCn1ccnc1.CC(C)(C)C(=O)CCn1ccnc1.CC(C)(C)C(=O)COCc1ccc(C#N)cc1.CC(C)(C)C(=O)COCc1cccnc1.CC(C)(C)C(=O)COCc1ccncc1.Cc1cc(COCC(=O)C(C)(C)C)ccn1. The second-order valence-corrected chi connectivity index (χ2v) is 46.9. The zero-order chi connectivity index (χ0) is 114. The molecular formula is C120H169N15O14. The third-order valence-corrected chi connectivity index (χ3v) is 22.5. The molecule has 29 heteroatoms. The summed E-state index contributed by atoms with van der Waals surface area (Å²) >= 11 is 0. The number of hydrogen-bond acceptors (Lipinski definition) is 26. The molecule has 10 aromatic rings. The highest BCUT2D eigenvalue weighted by Crippen LogP contribution is 2.34. The summed E-state index contributed by atoms with van der Waals surface area (Å²) in [5.74, 6) is 2.46. The average Bonchev–Trinajstić information content (AvgIpc) is 1.71. The highest BCUT2D eigenvalue weighted by molar-refractivity contribution is 5.94. The van der Waals surface area contributed by atoms with Crippen LogP contribution in [0, 0.1) is 95.1 Å². The number of benzene rings is 3. The van der Waals surface area contributed by atoms with E-state index in [-0.39, 0.29) is 127 Å². The fourth-order valence-corrected chi connectivity index (χ4v) is 12.0. The number of aromatic amines is 1. The Bertz CT molecular complexity index is 5560. The highest BCUT2D eigenvalue weighted by Gasteiger charge is 2.38. The molecule has 0 saturated heterocycles. The molecule has 7 heterocycles. The number of Topliss-reactive ketones (excluding diaryl/α,β-unsaturated/α-hetero) is 10. The Morgan fingerprint density at radius 3 is 1.02 bits per heavy atom. The van der Waals surface area contributed by atoms with Crippen molar-refractivity contribution in [3.8, 4) is 18.2 Å². The zero-order valence-corrected chi connectivity index (χ0v) is 95.4. The first-order chi connectivity index (χ1) is 68.9. The Kier molecular flexibility index (Phi) is 57.7. The van der Waals surface area contributed by atoms with Crippen LogP contribution in [0.2, 0.25) is 0 Å². The molecule has 1 N–H and O–H groups in total. The smallest absolute Gasteiger partial charge is 0.174 e. The maximum Gasteiger partial charge on any atom is 0.174 e. The Labute approximate surface area is 888 Å². The number of nitrogens with zero attached hydrogens (tertiary/aromatic N) is 14. The van der Waals surface area contributed by atoms with E-state index in [0.29, 0.717) is 98.4 Å². The summed E-state index contributed by atoms with van der Waals surface area (Å²) in [4.78, 5) is 141. The number of nitrogens with one attached hydrogen (secondary N) is 1. The highest BCUT2D eigenvalue weighted by atomic mass is 16.5. The van der Waals surface area contributed by atoms with Crippen LogP contribution in [0.4, 0.5) is 0 Å². The summed E-state index contributed by atoms with van der Waals surface area (Å²) in [6.45, 7) is 69.1. The van der Waals surface area contributed by atoms with Crippen molar-refractivity contribution in [2.24, 2.45) is 54.1 Å². The molecule has 0 amide bonds. The number of pyridine rings is 4. The molecule has 29 nitrogen and oxygen atoms in total. The number of rotatable bonds is 32. The first kappa shape index (κ1) is 134. The van der Waals surface area contributed by atoms with Crippen molar-refractivity contribution in [2.75, 3.05) is 26.4 Å². The monoisotopic (exact) mass is 2040 g/mol. The Balaban J connectivity index is 0.000000829. The van der Waals surface area contributed by atoms with Crippen molar-refractivity contribution < 1.29 is 66.9 Å². The van der Waals surface area contributed by atoms with Crippen LogP contribution in [-0.2, 0) is 125 Å². The van der Waals surface area contributed by atoms with Gasteiger partial charge in [0.15, 0.2) is 29.0 Å². The van der Waals surface area contributed by atoms with Crippen molar-refractivity contribution in [3.05, 3.63) is 269 Å². The number of tetrazole rings is 1. The minimum absolute atomic E-state index is 0.0890. The number of carbonyl (C=O) groups excluding carboxylic acids is 10. The van der Waals surface area contributed by atoms with Gasteiger partial charge in [0.2, 0.25) is 0 Å². The van der Waals surface area contributed by atoms with Crippen molar-refractivity contribution in [1.29, 1.82) is 15.8 Å². The van der Waals surface area contributed by atoms with E-state index in [4.69, 9.17) is 34.7 Å². The van der Waals surface area contributed by atoms with Crippen LogP contribution in [0.25, 0.3) is 0 Å². The molecule has 1 atom stereocenters. The first-order valence-electron chi connectivity index (χ1n) is 50.3. The lowest BCUT2D eigenvalue weighted by molar-refractivity contribution is -0.132. The lowest BCUT2D eigenvalue weighted by atomic mass is 9.71. The number of hydrogen-bond donors (Lipinski definition) is 1. The normalized spacial score (nSPS) is 11.6. The van der Waals surface area contributed by atoms with E-state index in [2.05, 4.69) is 68.7 Å². The van der Waals surface area contributed by atoms with Gasteiger partial charge in [-0.05, 0) is 139 Å². The van der Waals surface area contributed by atoms with Crippen molar-refractivity contribution >= 4 is 57.8 Å². The van der Waals surface area contributed by atoms with Gasteiger partial charge in [0, 0.05) is 185 Å². The van der Waals surface area contributed by atoms with Crippen LogP contribution in [-0.4, -0.2) is 144 Å². The number of ketones is 10. The molecule has 0 spiro atoms. The zero-order valence-electron chi connectivity index (χ0n) is 95.4. The lowest BCUT2D eigenvalue weighted by Crippen LogP contribution is -2.38. The van der Waals surface area contributed by atoms with Crippen LogP contribution in [0.15, 0.2) is 202 Å². The lowest BCUT2D eigenvalue weighted by Gasteiger charge is -2.31. The van der Waals surface area contributed by atoms with Gasteiger partial charge in [-0.1, -0.05) is 268 Å². The maximum atomic E-state index is 12.4. The molecule has 1 unspecified atom stereocenters. The van der Waals surface area contributed by atoms with Crippen LogP contribution in [0.5, 0.6) is 0 Å². The minimum atomic E-state index is -0.522. The summed E-state index contributed by atoms with van der Waals surface area (Å²) in [7, 11) is 0. The summed E-state index contributed by atoms with van der Waals surface area (Å²) in [5, 5.41) is 39.4. The second kappa shape index (κ2) is 64.2. The largest absolute Gasteiger partial charge is 0.369 e. The van der Waals surface area contributed by atoms with E-state index >= 15 is 0 Å². The van der Waals surface area contributed by atoms with Gasteiger partial charge < -0.3 is 28.1 Å². The van der Waals surface area contributed by atoms with Crippen molar-refractivity contribution in [2.45, 2.75) is 325 Å². The summed E-state index contributed by atoms with van der Waals surface area (Å²) in [6, 6.07) is 43.1. The molecule has 3 aromatic carbocycles. The van der Waals surface area contributed by atoms with Crippen molar-refractivity contribution in [3.63, 3.8) is 0 Å². The molecule has 7 aromatic heterocycles. The third kappa shape index (κ3) is 58.3. The van der Waals surface area contributed by atoms with Crippen LogP contribution < -0.4 is 0 Å². The van der Waals surface area contributed by atoms with Gasteiger partial charge in [-0.25, -0.2) is 9.97 Å². The van der Waals surface area contributed by atoms with E-state index in [9.17, 15) is 47.9 Å². The maximum absolute atomic E-state index is 12.4. The number of carbonyl (C=O) groups is 10. The van der Waals surface area contributed by atoms with Gasteiger partial charge in [-0.2, -0.15) is 21.0 Å². The molecule has 0 bridgehead atoms. The van der Waals surface area contributed by atoms with Crippen molar-refractivity contribution in [1.82, 2.24) is 59.7 Å². The number of ether oxygens (including phenoxy) is 4. The summed E-state index contributed by atoms with van der Waals surface area (Å²) in [5.41, 5.74) is 6.44. The van der Waals surface area contributed by atoms with Gasteiger partial charge in [-0.15, -0.1) is 10.2 Å². The van der Waals surface area contributed by atoms with Gasteiger partial charge in [0.05, 0.1) is 74.0 Å². The molecule has 0 saturated carbocycles. The summed E-state index contributed by atoms with van der Waals surface area (Å²) in [6.07, 6.45) is 26.4. The number of aryl methyl sites for hydroxylation is 5. The van der Waals surface area contributed by atoms with E-state index in [1.54, 1.807) is 98.6 Å². The second-order valence-electron chi connectivity index (χ2n) is 46.9. The van der Waals surface area contributed by atoms with Crippen LogP contribution >= 0.6 is 0 Å². The first-order valence-corrected chi connectivity index (χ1v) is 50.3. The number of aromatic nitrogens is 12. The molecule has 0 fully saturated rings. The fourth-order valence-electron chi connectivity index (χ4n) is 12.0. The Morgan fingerprint density at radius 1 is 0.349 bits per heavy atom. The number of H-pyrrole nitrogens is 1. The Morgan fingerprint density at radius 2 is 0.691 bits per heavy atom. The van der Waals surface area contributed by atoms with E-state index in [0.717, 1.165) is 64.1 Å². The molecule has 10 rings (SSSR count). The third-order valence-electron chi connectivity index (χ3n) is 22.5. The average molecular weight is 2050 g/mol. The van der Waals surface area contributed by atoms with Crippen LogP contribution in [0.3, 0.4) is 0 Å². The Hall–Kier alpha value is -13.2. The fraction of sp³-hybridized carbons (Fsp3) is 0.517. The van der Waals surface area contributed by atoms with Gasteiger partial charge in [-0.3, -0.25) is 67.9 Å². The molecule has 0 aliphatic heterocycles. The molecule has 0 aliphatic rings. The predicted molar refractivity (Wildman–Crippen MR) is 584 cm³/mol. The standard InChI is InChI=1S/C15H19NO.C14H17NO2.C14H17NO.C13H19NO2.2C12H17NO2.C12H17NO.2C10H16N2O.C8H14N4O/c1-14(2,3)13(17)15(4,5)12-8-6-11(10-16)7-9-12;1-14(2,3)13(16)10-17-9-12-6-4-11(8-15)5-7-12;1-10(13(16)14(2,3)4)12-7-5-11(9-15)6-8-12;1-10-7-11(5-6-14-10)8-16-9-12(15)13(2,3)4;1-12(2,3)11(14)9-15-8-10-4-6-13-7-5-10;1-12(2,3)11(14)9-15-8-10-5-4-6-13-7-10;1-12(2,3)11(14)7-6-10-5-4-8-13-9-10;2*1-10(2,3)9(13)4-6-12-7-5-11-8-12;1-8(2,3)6(13)4-5-7-9-11-12-10-7/h6-9H,1-5H3;4-7H,9-10H2,1-3H3;5-8,10H,1-4H3;5-7H,8-9H2,1-4H3;2*4-7H,8-9H2,1-3H3;4-5,8-9H,6-7H2,1-3H3;2*5,7-8H,4,6H2,1-3H3;4-5H2,1-3H3,(H,9,10,11,12). The quantitative estimate of drug-likeness (QED) is 0.0409. The van der Waals surface area contributed by atoms with Gasteiger partial charge in [0.1, 0.15) is 61.1 Å².